The van der Waals surface area contributed by atoms with Crippen molar-refractivity contribution in [3.8, 4) is 11.3 Å². The van der Waals surface area contributed by atoms with E-state index < -0.39 is 41.5 Å². The molecule has 4 amide bonds. The van der Waals surface area contributed by atoms with Crippen LogP contribution >= 0.6 is 0 Å². The number of aryl methyl sites for hydroxylation is 1. The van der Waals surface area contributed by atoms with Crippen LogP contribution in [0.3, 0.4) is 0 Å². The van der Waals surface area contributed by atoms with E-state index in [0.717, 1.165) is 4.90 Å². The molecule has 11 nitrogen and oxygen atoms in total. The van der Waals surface area contributed by atoms with Crippen molar-refractivity contribution in [3.05, 3.63) is 70.7 Å². The van der Waals surface area contributed by atoms with Crippen LogP contribution in [0.1, 0.15) is 50.6 Å². The number of carbonyl (C=O) groups excluding carboxylic acids is 4. The predicted molar refractivity (Wildman–Crippen MR) is 137 cm³/mol. The van der Waals surface area contributed by atoms with Gasteiger partial charge in [0.15, 0.2) is 5.69 Å². The van der Waals surface area contributed by atoms with Gasteiger partial charge in [-0.05, 0) is 50.6 Å². The predicted octanol–water partition coefficient (Wildman–Crippen LogP) is 3.41. The Hall–Kier alpha value is -5.14. The van der Waals surface area contributed by atoms with E-state index in [9.17, 15) is 32.3 Å². The van der Waals surface area contributed by atoms with Gasteiger partial charge in [-0.25, -0.2) is 9.97 Å². The van der Waals surface area contributed by atoms with Crippen molar-refractivity contribution in [1.29, 1.82) is 0 Å². The Balaban J connectivity index is 1.34. The lowest BCUT2D eigenvalue weighted by Crippen LogP contribution is -2.54. The molecule has 6 rings (SSSR count). The van der Waals surface area contributed by atoms with Gasteiger partial charge < -0.3 is 0 Å². The quantitative estimate of drug-likeness (QED) is 0.360. The molecule has 2 aliphatic heterocycles. The monoisotopic (exact) mass is 563 g/mol. The molecular formula is C27H20F3N7O4. The molecule has 2 aliphatic rings. The Bertz CT molecular complexity index is 1810. The molecule has 0 saturated carbocycles. The summed E-state index contributed by atoms with van der Waals surface area (Å²) in [6.07, 6.45) is -4.76. The number of hydrogen-bond donors (Lipinski definition) is 2. The van der Waals surface area contributed by atoms with E-state index in [-0.39, 0.29) is 52.0 Å². The summed E-state index contributed by atoms with van der Waals surface area (Å²) >= 11 is 0. The molecule has 208 valence electrons. The second kappa shape index (κ2) is 9.21. The van der Waals surface area contributed by atoms with Gasteiger partial charge in [-0.15, -0.1) is 0 Å². The van der Waals surface area contributed by atoms with Crippen LogP contribution in [0.4, 0.5) is 18.9 Å². The normalized spacial score (nSPS) is 17.3. The van der Waals surface area contributed by atoms with Crippen molar-refractivity contribution < 1.29 is 32.3 Å². The number of alkyl halides is 3. The van der Waals surface area contributed by atoms with Gasteiger partial charge in [0.05, 0.1) is 39.2 Å². The van der Waals surface area contributed by atoms with Crippen molar-refractivity contribution in [3.63, 3.8) is 0 Å². The summed E-state index contributed by atoms with van der Waals surface area (Å²) in [6, 6.07) is 9.45. The lowest BCUT2D eigenvalue weighted by atomic mass is 10.0. The zero-order chi connectivity index (χ0) is 29.2. The molecule has 0 radical (unpaired) electrons. The maximum absolute atomic E-state index is 14.0. The molecule has 4 heterocycles. The molecule has 1 saturated heterocycles. The first-order chi connectivity index (χ1) is 19.4. The minimum Gasteiger partial charge on any atom is -0.295 e. The van der Waals surface area contributed by atoms with Gasteiger partial charge in [-0.3, -0.25) is 34.8 Å². The van der Waals surface area contributed by atoms with Crippen molar-refractivity contribution in [2.45, 2.75) is 38.9 Å². The summed E-state index contributed by atoms with van der Waals surface area (Å²) in [4.78, 5) is 60.1. The van der Waals surface area contributed by atoms with E-state index in [2.05, 4.69) is 25.8 Å². The highest BCUT2D eigenvalue weighted by Gasteiger charge is 2.45. The van der Waals surface area contributed by atoms with Crippen molar-refractivity contribution in [2.75, 3.05) is 5.43 Å². The second-order valence-electron chi connectivity index (χ2n) is 9.68. The van der Waals surface area contributed by atoms with Crippen LogP contribution in [0.15, 0.2) is 42.5 Å². The first kappa shape index (κ1) is 26.1. The fraction of sp³-hybridized carbons (Fsp3) is 0.222. The number of carbonyl (C=O) groups is 4. The fourth-order valence-electron chi connectivity index (χ4n) is 5.13. The number of para-hydroxylation sites is 2. The van der Waals surface area contributed by atoms with Crippen molar-refractivity contribution >= 4 is 40.3 Å². The van der Waals surface area contributed by atoms with Gasteiger partial charge in [0.25, 0.3) is 11.8 Å². The average molecular weight is 563 g/mol. The Morgan fingerprint density at radius 3 is 2.32 bits per heavy atom. The third-order valence-electron chi connectivity index (χ3n) is 7.04. The summed E-state index contributed by atoms with van der Waals surface area (Å²) in [6.45, 7) is 3.10. The van der Waals surface area contributed by atoms with Crippen LogP contribution in [0.5, 0.6) is 0 Å². The lowest BCUT2D eigenvalue weighted by molar-refractivity contribution is -0.140. The molecule has 14 heteroatoms. The number of nitrogens with one attached hydrogen (secondary N) is 2. The number of aromatic nitrogens is 4. The molecule has 2 N–H and O–H groups in total. The Morgan fingerprint density at radius 1 is 0.951 bits per heavy atom. The fourth-order valence-corrected chi connectivity index (χ4v) is 5.13. The molecule has 41 heavy (non-hydrogen) atoms. The Labute approximate surface area is 229 Å². The SMILES string of the molecule is Cc1nn(Nc2ccc3c(c2)C(=O)N(C2CCC(=O)NC2=O)C3=O)c(C)c1-c1nc2ccccc2nc1C(F)(F)F. The van der Waals surface area contributed by atoms with Crippen LogP contribution in [0.2, 0.25) is 0 Å². The van der Waals surface area contributed by atoms with Crippen LogP contribution in [-0.4, -0.2) is 54.4 Å². The number of imide groups is 2. The Kier molecular flexibility index (Phi) is 5.87. The number of amides is 4. The summed E-state index contributed by atoms with van der Waals surface area (Å²) in [5.41, 5.74) is 2.95. The molecule has 1 fully saturated rings. The Morgan fingerprint density at radius 2 is 1.63 bits per heavy atom. The molecule has 0 spiro atoms. The van der Waals surface area contributed by atoms with Crippen LogP contribution in [0, 0.1) is 13.8 Å². The molecule has 0 bridgehead atoms. The van der Waals surface area contributed by atoms with E-state index in [1.807, 2.05) is 0 Å². The van der Waals surface area contributed by atoms with Crippen LogP contribution < -0.4 is 10.7 Å². The highest BCUT2D eigenvalue weighted by Crippen LogP contribution is 2.38. The standard InChI is InChI=1S/C27H20F3N7O4/c1-12-21(22-23(27(28,29)30)32-18-6-4-3-5-17(18)31-22)13(2)37(34-12)35-14-7-8-15-16(11-14)26(41)36(25(15)40)19-9-10-20(38)33-24(19)39/h3-8,11,19,35H,9-10H2,1-2H3,(H,33,38,39). The van der Waals surface area contributed by atoms with Gasteiger partial charge in [0, 0.05) is 12.0 Å². The summed E-state index contributed by atoms with van der Waals surface area (Å²) < 4.78 is 42.1. The molecule has 1 atom stereocenters. The van der Waals surface area contributed by atoms with Gasteiger partial charge in [-0.1, -0.05) is 12.1 Å². The van der Waals surface area contributed by atoms with Crippen LogP contribution in [-0.2, 0) is 15.8 Å². The number of benzene rings is 2. The van der Waals surface area contributed by atoms with E-state index in [1.165, 1.54) is 29.1 Å². The lowest BCUT2D eigenvalue weighted by Gasteiger charge is -2.27. The van der Waals surface area contributed by atoms with Crippen molar-refractivity contribution in [1.82, 2.24) is 30.1 Å². The molecule has 4 aromatic rings. The highest BCUT2D eigenvalue weighted by molar-refractivity contribution is 6.23. The summed E-state index contributed by atoms with van der Waals surface area (Å²) in [5.74, 6) is -2.55. The number of fused-ring (bicyclic) bond motifs is 2. The molecular weight excluding hydrogens is 543 g/mol. The molecule has 2 aromatic carbocycles. The number of nitrogens with zero attached hydrogens (tertiary/aromatic N) is 5. The maximum Gasteiger partial charge on any atom is 0.435 e. The minimum absolute atomic E-state index is 0.00544. The maximum atomic E-state index is 14.0. The zero-order valence-electron chi connectivity index (χ0n) is 21.5. The summed E-state index contributed by atoms with van der Waals surface area (Å²) in [7, 11) is 0. The number of anilines is 1. The third-order valence-corrected chi connectivity index (χ3v) is 7.04. The highest BCUT2D eigenvalue weighted by atomic mass is 19.4. The zero-order valence-corrected chi connectivity index (χ0v) is 21.5. The molecule has 2 aromatic heterocycles. The summed E-state index contributed by atoms with van der Waals surface area (Å²) in [5, 5.41) is 6.48. The number of hydrogen-bond acceptors (Lipinski definition) is 8. The third kappa shape index (κ3) is 4.27. The molecule has 0 aliphatic carbocycles. The van der Waals surface area contributed by atoms with E-state index in [0.29, 0.717) is 11.4 Å². The largest absolute Gasteiger partial charge is 0.435 e. The molecule has 1 unspecified atom stereocenters. The van der Waals surface area contributed by atoms with E-state index >= 15 is 0 Å². The first-order valence-electron chi connectivity index (χ1n) is 12.5. The van der Waals surface area contributed by atoms with E-state index in [1.54, 1.807) is 32.0 Å². The first-order valence-corrected chi connectivity index (χ1v) is 12.5. The average Bonchev–Trinajstić information content (AvgIpc) is 3.33. The van der Waals surface area contributed by atoms with Gasteiger partial charge in [0.1, 0.15) is 11.7 Å². The van der Waals surface area contributed by atoms with Gasteiger partial charge >= 0.3 is 6.18 Å². The van der Waals surface area contributed by atoms with Gasteiger partial charge in [-0.2, -0.15) is 23.1 Å². The number of halogens is 3. The van der Waals surface area contributed by atoms with E-state index in [4.69, 9.17) is 0 Å². The second-order valence-corrected chi connectivity index (χ2v) is 9.68. The minimum atomic E-state index is -4.78. The van der Waals surface area contributed by atoms with Gasteiger partial charge in [0.2, 0.25) is 11.8 Å². The number of piperidine rings is 1. The smallest absolute Gasteiger partial charge is 0.295 e. The number of rotatable bonds is 4. The van der Waals surface area contributed by atoms with Crippen molar-refractivity contribution in [2.24, 2.45) is 0 Å². The van der Waals surface area contributed by atoms with Crippen LogP contribution in [0.25, 0.3) is 22.3 Å². The topological polar surface area (TPSA) is 139 Å².